The first kappa shape index (κ1) is 14.6. The molecule has 0 amide bonds. The van der Waals surface area contributed by atoms with Gasteiger partial charge in [0.2, 0.25) is 0 Å². The number of ether oxygens (including phenoxy) is 1. The highest BCUT2D eigenvalue weighted by atomic mass is 35.5. The van der Waals surface area contributed by atoms with Gasteiger partial charge in [0.05, 0.1) is 7.11 Å². The van der Waals surface area contributed by atoms with Crippen LogP contribution in [0.1, 0.15) is 36.0 Å². The summed E-state index contributed by atoms with van der Waals surface area (Å²) in [5.41, 5.74) is 0.539. The maximum absolute atomic E-state index is 12.8. The molecule has 3 rings (SSSR count). The van der Waals surface area contributed by atoms with E-state index in [1.54, 1.807) is 24.3 Å². The third-order valence-electron chi connectivity index (χ3n) is 5.09. The molecule has 4 heteroatoms. The molecule has 0 saturated heterocycles. The van der Waals surface area contributed by atoms with Crippen molar-refractivity contribution >= 4 is 23.4 Å². The molecule has 2 unspecified atom stereocenters. The van der Waals surface area contributed by atoms with Crippen molar-refractivity contribution in [1.82, 2.24) is 0 Å². The molecule has 0 heterocycles. The predicted molar refractivity (Wildman–Crippen MR) is 80.2 cm³/mol. The lowest BCUT2D eigenvalue weighted by Crippen LogP contribution is -2.35. The van der Waals surface area contributed by atoms with E-state index in [1.165, 1.54) is 13.5 Å². The molecule has 2 saturated carbocycles. The van der Waals surface area contributed by atoms with E-state index >= 15 is 0 Å². The zero-order chi connectivity index (χ0) is 15.0. The number of esters is 1. The number of fused-ring (bicyclic) bond motifs is 2. The Labute approximate surface area is 129 Å². The Bertz CT molecular complexity index is 552. The topological polar surface area (TPSA) is 43.4 Å². The molecule has 4 atom stereocenters. The standard InChI is InChI=1S/C17H19ClO3/c1-21-17(20)15(14-9-10-2-3-12(14)8-10)16(19)11-4-6-13(18)7-5-11/h4-7,10,12,14-15H,2-3,8-9H2,1H3/t10-,12+,14?,15?/m0/s1. The minimum Gasteiger partial charge on any atom is -0.468 e. The van der Waals surface area contributed by atoms with Crippen LogP contribution < -0.4 is 0 Å². The van der Waals surface area contributed by atoms with Gasteiger partial charge in [-0.15, -0.1) is 0 Å². The van der Waals surface area contributed by atoms with Gasteiger partial charge in [-0.2, -0.15) is 0 Å². The van der Waals surface area contributed by atoms with Crippen molar-refractivity contribution in [1.29, 1.82) is 0 Å². The first-order chi connectivity index (χ1) is 10.1. The Morgan fingerprint density at radius 1 is 1.19 bits per heavy atom. The molecule has 2 fully saturated rings. The molecule has 2 aliphatic rings. The van der Waals surface area contributed by atoms with Crippen molar-refractivity contribution in [3.8, 4) is 0 Å². The number of halogens is 1. The largest absolute Gasteiger partial charge is 0.468 e. The van der Waals surface area contributed by atoms with E-state index in [9.17, 15) is 9.59 Å². The fourth-order valence-electron chi connectivity index (χ4n) is 4.10. The van der Waals surface area contributed by atoms with Crippen LogP contribution in [-0.2, 0) is 9.53 Å². The molecule has 1 aromatic rings. The lowest BCUT2D eigenvalue weighted by atomic mass is 9.76. The van der Waals surface area contributed by atoms with Crippen molar-refractivity contribution in [2.75, 3.05) is 7.11 Å². The highest BCUT2D eigenvalue weighted by molar-refractivity contribution is 6.30. The summed E-state index contributed by atoms with van der Waals surface area (Å²) in [4.78, 5) is 25.0. The molecule has 0 spiro atoms. The van der Waals surface area contributed by atoms with Crippen LogP contribution in [0.5, 0.6) is 0 Å². The molecule has 1 aromatic carbocycles. The molecule has 3 nitrogen and oxygen atoms in total. The Hall–Kier alpha value is -1.35. The number of rotatable bonds is 4. The van der Waals surface area contributed by atoms with Gasteiger partial charge in [-0.25, -0.2) is 0 Å². The minimum absolute atomic E-state index is 0.129. The van der Waals surface area contributed by atoms with Gasteiger partial charge in [0.25, 0.3) is 0 Å². The van der Waals surface area contributed by atoms with Gasteiger partial charge < -0.3 is 4.74 Å². The number of ketones is 1. The normalized spacial score (nSPS) is 28.4. The van der Waals surface area contributed by atoms with Crippen LogP contribution in [-0.4, -0.2) is 18.9 Å². The molecule has 0 aromatic heterocycles. The van der Waals surface area contributed by atoms with Gasteiger partial charge in [-0.1, -0.05) is 18.0 Å². The summed E-state index contributed by atoms with van der Waals surface area (Å²) in [5, 5.41) is 0.584. The van der Waals surface area contributed by atoms with Crippen LogP contribution in [0, 0.1) is 23.7 Å². The average molecular weight is 307 g/mol. The van der Waals surface area contributed by atoms with Crippen molar-refractivity contribution in [3.63, 3.8) is 0 Å². The van der Waals surface area contributed by atoms with Gasteiger partial charge in [-0.05, 0) is 61.3 Å². The summed E-state index contributed by atoms with van der Waals surface area (Å²) in [6.45, 7) is 0. The average Bonchev–Trinajstić information content (AvgIpc) is 3.10. The van der Waals surface area contributed by atoms with Crippen LogP contribution in [0.15, 0.2) is 24.3 Å². The number of Topliss-reactive ketones (excluding diaryl/α,β-unsaturated/α-hetero) is 1. The van der Waals surface area contributed by atoms with Gasteiger partial charge in [0.15, 0.2) is 5.78 Å². The zero-order valence-corrected chi connectivity index (χ0v) is 12.8. The first-order valence-corrected chi connectivity index (χ1v) is 7.85. The monoisotopic (exact) mass is 306 g/mol. The van der Waals surface area contributed by atoms with E-state index in [0.717, 1.165) is 19.3 Å². The van der Waals surface area contributed by atoms with E-state index in [4.69, 9.17) is 16.3 Å². The summed E-state index contributed by atoms with van der Waals surface area (Å²) < 4.78 is 4.91. The fourth-order valence-corrected chi connectivity index (χ4v) is 4.23. The number of benzene rings is 1. The quantitative estimate of drug-likeness (QED) is 0.483. The lowest BCUT2D eigenvalue weighted by Gasteiger charge is -2.27. The third-order valence-corrected chi connectivity index (χ3v) is 5.34. The highest BCUT2D eigenvalue weighted by Gasteiger charge is 2.48. The molecule has 2 bridgehead atoms. The summed E-state index contributed by atoms with van der Waals surface area (Å²) in [5.74, 6) is 0.134. The van der Waals surface area contributed by atoms with Crippen molar-refractivity contribution in [2.45, 2.75) is 25.7 Å². The Morgan fingerprint density at radius 2 is 1.90 bits per heavy atom. The molecule has 21 heavy (non-hydrogen) atoms. The van der Waals surface area contributed by atoms with Crippen LogP contribution in [0.2, 0.25) is 5.02 Å². The number of hydrogen-bond donors (Lipinski definition) is 0. The van der Waals surface area contributed by atoms with E-state index in [2.05, 4.69) is 0 Å². The first-order valence-electron chi connectivity index (χ1n) is 7.47. The Morgan fingerprint density at radius 3 is 2.43 bits per heavy atom. The number of methoxy groups -OCH3 is 1. The van der Waals surface area contributed by atoms with Crippen LogP contribution in [0.4, 0.5) is 0 Å². The lowest BCUT2D eigenvalue weighted by molar-refractivity contribution is -0.146. The smallest absolute Gasteiger partial charge is 0.316 e. The molecular weight excluding hydrogens is 288 g/mol. The third kappa shape index (κ3) is 2.71. The second-order valence-electron chi connectivity index (χ2n) is 6.21. The van der Waals surface area contributed by atoms with Gasteiger partial charge in [-0.3, -0.25) is 9.59 Å². The predicted octanol–water partition coefficient (Wildman–Crippen LogP) is 3.75. The summed E-state index contributed by atoms with van der Waals surface area (Å²) >= 11 is 5.86. The van der Waals surface area contributed by atoms with Crippen LogP contribution in [0.25, 0.3) is 0 Å². The van der Waals surface area contributed by atoms with E-state index < -0.39 is 11.9 Å². The van der Waals surface area contributed by atoms with E-state index in [0.29, 0.717) is 22.4 Å². The number of carbonyl (C=O) groups is 2. The van der Waals surface area contributed by atoms with Gasteiger partial charge >= 0.3 is 5.97 Å². The second kappa shape index (κ2) is 5.80. The number of hydrogen-bond acceptors (Lipinski definition) is 3. The second-order valence-corrected chi connectivity index (χ2v) is 6.65. The maximum Gasteiger partial charge on any atom is 0.316 e. The molecule has 112 valence electrons. The molecule has 0 N–H and O–H groups in total. The van der Waals surface area contributed by atoms with E-state index in [-0.39, 0.29) is 11.7 Å². The fraction of sp³-hybridized carbons (Fsp3) is 0.529. The number of carbonyl (C=O) groups excluding carboxylic acids is 2. The van der Waals surface area contributed by atoms with Crippen molar-refractivity contribution in [2.24, 2.45) is 23.7 Å². The Balaban J connectivity index is 1.87. The molecule has 2 aliphatic carbocycles. The van der Waals surface area contributed by atoms with E-state index in [1.807, 2.05) is 0 Å². The summed E-state index contributed by atoms with van der Waals surface area (Å²) in [6, 6.07) is 6.75. The summed E-state index contributed by atoms with van der Waals surface area (Å²) in [6.07, 6.45) is 4.51. The highest BCUT2D eigenvalue weighted by Crippen LogP contribution is 2.51. The van der Waals surface area contributed by atoms with Crippen molar-refractivity contribution < 1.29 is 14.3 Å². The maximum atomic E-state index is 12.8. The molecular formula is C17H19ClO3. The Kier molecular flexibility index (Phi) is 4.03. The molecule has 0 aliphatic heterocycles. The SMILES string of the molecule is COC(=O)C(C(=O)c1ccc(Cl)cc1)C1C[C@H]2CC[C@@H]1C2. The minimum atomic E-state index is -0.661. The van der Waals surface area contributed by atoms with Crippen LogP contribution in [0.3, 0.4) is 0 Å². The van der Waals surface area contributed by atoms with Crippen LogP contribution >= 0.6 is 11.6 Å². The zero-order valence-electron chi connectivity index (χ0n) is 12.0. The van der Waals surface area contributed by atoms with Gasteiger partial charge in [0.1, 0.15) is 5.92 Å². The van der Waals surface area contributed by atoms with Gasteiger partial charge in [0, 0.05) is 10.6 Å². The van der Waals surface area contributed by atoms with Crippen molar-refractivity contribution in [3.05, 3.63) is 34.9 Å². The summed E-state index contributed by atoms with van der Waals surface area (Å²) in [7, 11) is 1.36. The molecule has 0 radical (unpaired) electrons.